The molecule has 3 rings (SSSR count). The Morgan fingerprint density at radius 3 is 2.94 bits per heavy atom. The summed E-state index contributed by atoms with van der Waals surface area (Å²) in [5.74, 6) is 0.959. The number of anilines is 1. The maximum atomic E-state index is 5.53. The minimum absolute atomic E-state index is 0.275. The lowest BCUT2D eigenvalue weighted by Gasteiger charge is -2.31. The molecule has 0 bridgehead atoms. The van der Waals surface area contributed by atoms with Gasteiger partial charge in [-0.25, -0.2) is 0 Å². The van der Waals surface area contributed by atoms with Crippen molar-refractivity contribution in [1.82, 2.24) is 15.5 Å². The van der Waals surface area contributed by atoms with Crippen LogP contribution >= 0.6 is 0 Å². The minimum Gasteiger partial charge on any atom is -0.375 e. The van der Waals surface area contributed by atoms with Gasteiger partial charge in [0, 0.05) is 25.7 Å². The molecular weight excluding hydrogens is 228 g/mol. The summed E-state index contributed by atoms with van der Waals surface area (Å²) < 4.78 is 5.53. The summed E-state index contributed by atoms with van der Waals surface area (Å²) in [5, 5.41) is 12.0. The van der Waals surface area contributed by atoms with Crippen LogP contribution in [0.4, 0.5) is 5.82 Å². The van der Waals surface area contributed by atoms with E-state index >= 15 is 0 Å². The van der Waals surface area contributed by atoms with Crippen LogP contribution in [0.2, 0.25) is 0 Å². The number of hydrogen-bond acceptors (Lipinski definition) is 5. The number of aromatic nitrogens is 2. The number of nitrogens with one attached hydrogen (secondary N) is 1. The summed E-state index contributed by atoms with van der Waals surface area (Å²) in [6, 6.07) is 4.85. The van der Waals surface area contributed by atoms with Gasteiger partial charge in [0.05, 0.1) is 18.4 Å². The van der Waals surface area contributed by atoms with E-state index in [4.69, 9.17) is 4.74 Å². The van der Waals surface area contributed by atoms with Gasteiger partial charge in [-0.3, -0.25) is 0 Å². The normalized spacial score (nSPS) is 24.3. The fourth-order valence-electron chi connectivity index (χ4n) is 2.18. The lowest BCUT2D eigenvalue weighted by molar-refractivity contribution is 0.0529. The third kappa shape index (κ3) is 2.97. The third-order valence-electron chi connectivity index (χ3n) is 3.42. The average Bonchev–Trinajstić information content (AvgIpc) is 3.21. The first kappa shape index (κ1) is 11.9. The second-order valence-corrected chi connectivity index (χ2v) is 5.17. The highest BCUT2D eigenvalue weighted by atomic mass is 16.5. The molecule has 0 amide bonds. The molecule has 1 aromatic heterocycles. The molecule has 1 atom stereocenters. The average molecular weight is 248 g/mol. The minimum atomic E-state index is 0.275. The second kappa shape index (κ2) is 5.20. The highest BCUT2D eigenvalue weighted by molar-refractivity contribution is 5.37. The molecule has 0 radical (unpaired) electrons. The van der Waals surface area contributed by atoms with Crippen molar-refractivity contribution < 1.29 is 4.74 Å². The molecule has 1 saturated heterocycles. The van der Waals surface area contributed by atoms with Crippen molar-refractivity contribution in [3.05, 3.63) is 17.8 Å². The molecule has 2 aliphatic rings. The largest absolute Gasteiger partial charge is 0.375 e. The first-order chi connectivity index (χ1) is 8.81. The predicted molar refractivity (Wildman–Crippen MR) is 69.5 cm³/mol. The molecule has 1 saturated carbocycles. The van der Waals surface area contributed by atoms with Crippen LogP contribution in [-0.2, 0) is 11.3 Å². The van der Waals surface area contributed by atoms with E-state index in [-0.39, 0.29) is 6.10 Å². The molecule has 1 unspecified atom stereocenters. The molecule has 1 N–H and O–H groups in total. The van der Waals surface area contributed by atoms with E-state index in [0.29, 0.717) is 6.04 Å². The van der Waals surface area contributed by atoms with Crippen LogP contribution in [-0.4, -0.2) is 42.0 Å². The maximum absolute atomic E-state index is 5.53. The highest BCUT2D eigenvalue weighted by Crippen LogP contribution is 2.19. The van der Waals surface area contributed by atoms with Gasteiger partial charge >= 0.3 is 0 Å². The summed E-state index contributed by atoms with van der Waals surface area (Å²) in [5.41, 5.74) is 1.02. The van der Waals surface area contributed by atoms with Gasteiger partial charge in [0.15, 0.2) is 5.82 Å². The molecule has 18 heavy (non-hydrogen) atoms. The summed E-state index contributed by atoms with van der Waals surface area (Å²) >= 11 is 0. The fraction of sp³-hybridized carbons (Fsp3) is 0.692. The van der Waals surface area contributed by atoms with Crippen LogP contribution in [0.15, 0.2) is 12.1 Å². The molecular formula is C13H20N4O. The monoisotopic (exact) mass is 248 g/mol. The van der Waals surface area contributed by atoms with E-state index in [1.807, 2.05) is 0 Å². The third-order valence-corrected chi connectivity index (χ3v) is 3.42. The van der Waals surface area contributed by atoms with Crippen molar-refractivity contribution in [1.29, 1.82) is 0 Å². The SMILES string of the molecule is CC1CN(c2ccc(CNC3CC3)nn2)CCO1. The van der Waals surface area contributed by atoms with Crippen molar-refractivity contribution >= 4 is 5.82 Å². The summed E-state index contributed by atoms with van der Waals surface area (Å²) in [7, 11) is 0. The van der Waals surface area contributed by atoms with Crippen molar-refractivity contribution in [2.75, 3.05) is 24.6 Å². The number of hydrogen-bond donors (Lipinski definition) is 1. The molecule has 1 aromatic rings. The van der Waals surface area contributed by atoms with Gasteiger partial charge in [0.25, 0.3) is 0 Å². The quantitative estimate of drug-likeness (QED) is 0.860. The van der Waals surface area contributed by atoms with Crippen LogP contribution in [0.5, 0.6) is 0 Å². The Hall–Kier alpha value is -1.20. The molecule has 0 aromatic carbocycles. The zero-order valence-electron chi connectivity index (χ0n) is 10.8. The van der Waals surface area contributed by atoms with E-state index in [9.17, 15) is 0 Å². The van der Waals surface area contributed by atoms with Crippen LogP contribution in [0.1, 0.15) is 25.5 Å². The molecule has 5 nitrogen and oxygen atoms in total. The lowest BCUT2D eigenvalue weighted by atomic mass is 10.3. The van der Waals surface area contributed by atoms with Gasteiger partial charge in [-0.1, -0.05) is 0 Å². The highest BCUT2D eigenvalue weighted by Gasteiger charge is 2.21. The first-order valence-corrected chi connectivity index (χ1v) is 6.74. The van der Waals surface area contributed by atoms with Gasteiger partial charge in [-0.05, 0) is 31.9 Å². The van der Waals surface area contributed by atoms with E-state index in [2.05, 4.69) is 39.5 Å². The topological polar surface area (TPSA) is 50.3 Å². The van der Waals surface area contributed by atoms with Gasteiger partial charge in [0.2, 0.25) is 0 Å². The Morgan fingerprint density at radius 2 is 2.28 bits per heavy atom. The van der Waals surface area contributed by atoms with E-state index in [0.717, 1.165) is 37.8 Å². The van der Waals surface area contributed by atoms with E-state index in [1.54, 1.807) is 0 Å². The van der Waals surface area contributed by atoms with Crippen molar-refractivity contribution in [2.45, 2.75) is 38.5 Å². The van der Waals surface area contributed by atoms with E-state index < -0.39 is 0 Å². The number of nitrogens with zero attached hydrogens (tertiary/aromatic N) is 3. The molecule has 2 heterocycles. The number of morpholine rings is 1. The number of rotatable bonds is 4. The first-order valence-electron chi connectivity index (χ1n) is 6.74. The van der Waals surface area contributed by atoms with Gasteiger partial charge < -0.3 is 15.0 Å². The molecule has 0 spiro atoms. The Bertz CT molecular complexity index is 390. The molecule has 2 fully saturated rings. The molecule has 1 aliphatic carbocycles. The lowest BCUT2D eigenvalue weighted by Crippen LogP contribution is -2.41. The second-order valence-electron chi connectivity index (χ2n) is 5.17. The summed E-state index contributed by atoms with van der Waals surface area (Å²) in [4.78, 5) is 2.24. The van der Waals surface area contributed by atoms with Crippen LogP contribution in [0, 0.1) is 0 Å². The zero-order valence-corrected chi connectivity index (χ0v) is 10.8. The standard InChI is InChI=1S/C13H20N4O/c1-10-9-17(6-7-18-10)13-5-4-12(15-16-13)8-14-11-2-3-11/h4-5,10-11,14H,2-3,6-9H2,1H3. The van der Waals surface area contributed by atoms with Gasteiger partial charge in [-0.15, -0.1) is 5.10 Å². The van der Waals surface area contributed by atoms with Gasteiger partial charge in [0.1, 0.15) is 0 Å². The van der Waals surface area contributed by atoms with Gasteiger partial charge in [-0.2, -0.15) is 5.10 Å². The van der Waals surface area contributed by atoms with Crippen molar-refractivity contribution in [3.63, 3.8) is 0 Å². The zero-order chi connectivity index (χ0) is 12.4. The van der Waals surface area contributed by atoms with Crippen molar-refractivity contribution in [2.24, 2.45) is 0 Å². The van der Waals surface area contributed by atoms with Crippen LogP contribution < -0.4 is 10.2 Å². The molecule has 1 aliphatic heterocycles. The Labute approximate surface area is 108 Å². The summed E-state index contributed by atoms with van der Waals surface area (Å²) in [6.07, 6.45) is 2.88. The Morgan fingerprint density at radius 1 is 1.39 bits per heavy atom. The van der Waals surface area contributed by atoms with Crippen LogP contribution in [0.3, 0.4) is 0 Å². The smallest absolute Gasteiger partial charge is 0.151 e. The Kier molecular flexibility index (Phi) is 3.43. The molecule has 5 heteroatoms. The summed E-state index contributed by atoms with van der Waals surface area (Å²) in [6.45, 7) is 5.49. The molecule has 98 valence electrons. The van der Waals surface area contributed by atoms with Crippen molar-refractivity contribution in [3.8, 4) is 0 Å². The fourth-order valence-corrected chi connectivity index (χ4v) is 2.18. The predicted octanol–water partition coefficient (Wildman–Crippen LogP) is 0.954. The number of ether oxygens (including phenoxy) is 1. The maximum Gasteiger partial charge on any atom is 0.151 e. The van der Waals surface area contributed by atoms with E-state index in [1.165, 1.54) is 12.8 Å². The van der Waals surface area contributed by atoms with Crippen LogP contribution in [0.25, 0.3) is 0 Å². The Balaban J connectivity index is 1.58.